The van der Waals surface area contributed by atoms with Crippen molar-refractivity contribution in [3.8, 4) is 0 Å². The monoisotopic (exact) mass is 392 g/mol. The molecule has 1 heterocycles. The summed E-state index contributed by atoms with van der Waals surface area (Å²) < 4.78 is 12.4. The van der Waals surface area contributed by atoms with Crippen LogP contribution in [0.5, 0.6) is 0 Å². The zero-order valence-electron chi connectivity index (χ0n) is 17.8. The van der Waals surface area contributed by atoms with Crippen LogP contribution in [-0.2, 0) is 14.1 Å². The maximum Gasteiger partial charge on any atom is 0.492 e. The number of benzene rings is 2. The van der Waals surface area contributed by atoms with Crippen LogP contribution in [0.25, 0.3) is 6.08 Å². The maximum absolute atomic E-state index is 11.5. The lowest BCUT2D eigenvalue weighted by atomic mass is 9.77. The van der Waals surface area contributed by atoms with E-state index in [0.29, 0.717) is 6.54 Å². The number of nitrogens with one attached hydrogen (secondary N) is 2. The first-order chi connectivity index (χ1) is 13.7. The molecule has 2 aromatic carbocycles. The van der Waals surface area contributed by atoms with Crippen LogP contribution in [0.3, 0.4) is 0 Å². The van der Waals surface area contributed by atoms with E-state index in [1.54, 1.807) is 0 Å². The van der Waals surface area contributed by atoms with Crippen molar-refractivity contribution in [1.82, 2.24) is 5.32 Å². The number of anilines is 2. The van der Waals surface area contributed by atoms with E-state index in [9.17, 15) is 4.79 Å². The zero-order valence-corrected chi connectivity index (χ0v) is 17.8. The molecule has 1 aliphatic rings. The van der Waals surface area contributed by atoms with Crippen molar-refractivity contribution in [2.24, 2.45) is 0 Å². The van der Waals surface area contributed by atoms with E-state index in [4.69, 9.17) is 9.31 Å². The van der Waals surface area contributed by atoms with Gasteiger partial charge in [0.05, 0.1) is 11.2 Å². The molecule has 0 bridgehead atoms. The van der Waals surface area contributed by atoms with Gasteiger partial charge >= 0.3 is 7.12 Å². The minimum absolute atomic E-state index is 0.0881. The van der Waals surface area contributed by atoms with E-state index in [0.717, 1.165) is 22.4 Å². The van der Waals surface area contributed by atoms with Gasteiger partial charge in [-0.05, 0) is 63.0 Å². The van der Waals surface area contributed by atoms with Crippen LogP contribution < -0.4 is 10.6 Å². The molecular weight excluding hydrogens is 363 g/mol. The van der Waals surface area contributed by atoms with Gasteiger partial charge in [-0.25, -0.2) is 0 Å². The normalized spacial score (nSPS) is 17.8. The van der Waals surface area contributed by atoms with Crippen molar-refractivity contribution in [1.29, 1.82) is 0 Å². The van der Waals surface area contributed by atoms with Gasteiger partial charge in [0.25, 0.3) is 0 Å². The molecule has 0 atom stereocenters. The maximum atomic E-state index is 11.5. The van der Waals surface area contributed by atoms with Crippen molar-refractivity contribution in [3.63, 3.8) is 0 Å². The Morgan fingerprint density at radius 1 is 0.931 bits per heavy atom. The summed E-state index contributed by atoms with van der Waals surface area (Å²) in [6.45, 7) is 9.96. The predicted molar refractivity (Wildman–Crippen MR) is 119 cm³/mol. The number of hydrogen-bond donors (Lipinski definition) is 2. The van der Waals surface area contributed by atoms with E-state index in [-0.39, 0.29) is 5.91 Å². The molecule has 5 nitrogen and oxygen atoms in total. The van der Waals surface area contributed by atoms with Crippen molar-refractivity contribution in [3.05, 3.63) is 65.6 Å². The summed E-state index contributed by atoms with van der Waals surface area (Å²) in [4.78, 5) is 11.5. The third-order valence-electron chi connectivity index (χ3n) is 5.42. The topological polar surface area (TPSA) is 59.6 Å². The number of rotatable bonds is 6. The highest BCUT2D eigenvalue weighted by atomic mass is 16.7. The van der Waals surface area contributed by atoms with E-state index in [2.05, 4.69) is 10.6 Å². The van der Waals surface area contributed by atoms with Crippen LogP contribution in [-0.4, -0.2) is 30.8 Å². The van der Waals surface area contributed by atoms with Gasteiger partial charge in [0.15, 0.2) is 0 Å². The molecule has 29 heavy (non-hydrogen) atoms. The minimum atomic E-state index is -0.506. The predicted octanol–water partition coefficient (Wildman–Crippen LogP) is 4.58. The van der Waals surface area contributed by atoms with Crippen LogP contribution in [0.1, 0.15) is 40.2 Å². The molecule has 6 heteroatoms. The van der Waals surface area contributed by atoms with Crippen LogP contribution in [0.2, 0.25) is 0 Å². The van der Waals surface area contributed by atoms with Crippen LogP contribution in [0.4, 0.5) is 11.4 Å². The first kappa shape index (κ1) is 21.2. The first-order valence-electron chi connectivity index (χ1n) is 9.89. The first-order valence-corrected chi connectivity index (χ1v) is 9.89. The minimum Gasteiger partial charge on any atom is -0.400 e. The fraction of sp³-hybridized carbons (Fsp3) is 0.348. The van der Waals surface area contributed by atoms with Gasteiger partial charge in [0.1, 0.15) is 0 Å². The van der Waals surface area contributed by atoms with E-state index < -0.39 is 18.3 Å². The lowest BCUT2D eigenvalue weighted by molar-refractivity contribution is -0.118. The van der Waals surface area contributed by atoms with Gasteiger partial charge in [-0.3, -0.25) is 4.79 Å². The molecule has 1 saturated heterocycles. The molecule has 0 unspecified atom stereocenters. The molecule has 1 aliphatic heterocycles. The zero-order chi connectivity index (χ0) is 21.1. The quantitative estimate of drug-likeness (QED) is 0.707. The molecule has 152 valence electrons. The Morgan fingerprint density at radius 3 is 2.03 bits per heavy atom. The molecule has 0 radical (unpaired) electrons. The highest BCUT2D eigenvalue weighted by molar-refractivity contribution is 6.56. The Morgan fingerprint density at radius 2 is 1.48 bits per heavy atom. The van der Waals surface area contributed by atoms with Crippen molar-refractivity contribution < 1.29 is 14.1 Å². The second-order valence-corrected chi connectivity index (χ2v) is 8.33. The van der Waals surface area contributed by atoms with Gasteiger partial charge in [-0.1, -0.05) is 36.4 Å². The lowest BCUT2D eigenvalue weighted by Gasteiger charge is -2.32. The molecule has 2 aromatic rings. The number of carbonyl (C=O) groups is 1. The second kappa shape index (κ2) is 8.43. The Bertz CT molecular complexity index is 861. The molecule has 0 spiro atoms. The summed E-state index contributed by atoms with van der Waals surface area (Å²) in [5.41, 5.74) is 3.07. The number of carbonyl (C=O) groups excluding carboxylic acids is 1. The third-order valence-corrected chi connectivity index (χ3v) is 5.42. The van der Waals surface area contributed by atoms with Crippen LogP contribution >= 0.6 is 0 Å². The molecule has 1 fully saturated rings. The van der Waals surface area contributed by atoms with Gasteiger partial charge in [0.2, 0.25) is 5.91 Å². The Labute approximate surface area is 173 Å². The van der Waals surface area contributed by atoms with Crippen LogP contribution in [0.15, 0.2) is 60.1 Å². The Kier molecular flexibility index (Phi) is 6.15. The lowest BCUT2D eigenvalue weighted by Crippen LogP contribution is -2.41. The molecule has 0 saturated carbocycles. The second-order valence-electron chi connectivity index (χ2n) is 8.33. The SMILES string of the molecule is CC(=O)NCC(=Cc1ccc(Nc2ccccc2)cc1)B1OC(C)(C)C(C)(C)O1. The molecule has 2 N–H and O–H groups in total. The largest absolute Gasteiger partial charge is 0.492 e. The van der Waals surface area contributed by atoms with Crippen molar-refractivity contribution >= 4 is 30.5 Å². The van der Waals surface area contributed by atoms with Gasteiger partial charge < -0.3 is 19.9 Å². The summed E-state index contributed by atoms with van der Waals surface area (Å²) in [6.07, 6.45) is 2.02. The molecule has 1 amide bonds. The summed E-state index contributed by atoms with van der Waals surface area (Å²) >= 11 is 0. The molecule has 0 aliphatic carbocycles. The molecular formula is C23H29BN2O3. The summed E-state index contributed by atoms with van der Waals surface area (Å²) in [6, 6.07) is 18.2. The number of hydrogen-bond acceptors (Lipinski definition) is 4. The number of amides is 1. The van der Waals surface area contributed by atoms with Crippen molar-refractivity contribution in [2.75, 3.05) is 11.9 Å². The van der Waals surface area contributed by atoms with Crippen molar-refractivity contribution in [2.45, 2.75) is 45.8 Å². The average molecular weight is 392 g/mol. The standard InChI is InChI=1S/C23H29BN2O3/c1-17(27)25-16-19(24-28-22(2,3)23(4,5)29-24)15-18-11-13-21(14-12-18)26-20-9-7-6-8-10-20/h6-15,26H,16H2,1-5H3,(H,25,27). The molecule has 3 rings (SSSR count). The highest BCUT2D eigenvalue weighted by Gasteiger charge is 2.52. The van der Waals surface area contributed by atoms with Gasteiger partial charge in [-0.2, -0.15) is 0 Å². The van der Waals surface area contributed by atoms with Gasteiger partial charge in [0, 0.05) is 24.8 Å². The Balaban J connectivity index is 1.79. The van der Waals surface area contributed by atoms with E-state index >= 15 is 0 Å². The summed E-state index contributed by atoms with van der Waals surface area (Å²) in [5.74, 6) is -0.0881. The smallest absolute Gasteiger partial charge is 0.400 e. The fourth-order valence-electron chi connectivity index (χ4n) is 2.99. The fourth-order valence-corrected chi connectivity index (χ4v) is 2.99. The van der Waals surface area contributed by atoms with Gasteiger partial charge in [-0.15, -0.1) is 0 Å². The molecule has 0 aromatic heterocycles. The summed E-state index contributed by atoms with van der Waals surface area (Å²) in [7, 11) is -0.506. The average Bonchev–Trinajstić information content (AvgIpc) is 2.88. The summed E-state index contributed by atoms with van der Waals surface area (Å²) in [5, 5.41) is 6.24. The van der Waals surface area contributed by atoms with E-state index in [1.807, 2.05) is 88.4 Å². The van der Waals surface area contributed by atoms with Crippen LogP contribution in [0, 0.1) is 0 Å². The third kappa shape index (κ3) is 5.28. The number of para-hydroxylation sites is 1. The highest BCUT2D eigenvalue weighted by Crippen LogP contribution is 2.38. The van der Waals surface area contributed by atoms with E-state index in [1.165, 1.54) is 6.92 Å². The Hall–Kier alpha value is -2.57.